The summed E-state index contributed by atoms with van der Waals surface area (Å²) in [6.45, 7) is 2.96. The van der Waals surface area contributed by atoms with E-state index in [1.54, 1.807) is 11.8 Å². The molecule has 188 valence electrons. The molecule has 1 fully saturated rings. The van der Waals surface area contributed by atoms with Crippen LogP contribution in [0.5, 0.6) is 0 Å². The number of anilines is 2. The van der Waals surface area contributed by atoms with E-state index < -0.39 is 6.29 Å². The average molecular weight is 507 g/mol. The molecular formula is C28H30N2O5S. The van der Waals surface area contributed by atoms with E-state index in [0.29, 0.717) is 12.1 Å². The summed E-state index contributed by atoms with van der Waals surface area (Å²) in [7, 11) is 0. The third kappa shape index (κ3) is 7.18. The lowest BCUT2D eigenvalue weighted by atomic mass is 10.0. The number of ether oxygens (including phenoxy) is 2. The first-order chi connectivity index (χ1) is 17.4. The van der Waals surface area contributed by atoms with Gasteiger partial charge in [-0.2, -0.15) is 0 Å². The molecule has 8 heteroatoms. The van der Waals surface area contributed by atoms with Crippen LogP contribution in [0.4, 0.5) is 11.4 Å². The summed E-state index contributed by atoms with van der Waals surface area (Å²) in [4.78, 5) is 23.9. The van der Waals surface area contributed by atoms with Crippen molar-refractivity contribution in [1.29, 1.82) is 0 Å². The average Bonchev–Trinajstić information content (AvgIpc) is 2.87. The molecular weight excluding hydrogens is 476 g/mol. The first-order valence-electron chi connectivity index (χ1n) is 11.8. The third-order valence-corrected chi connectivity index (χ3v) is 6.85. The molecule has 0 aromatic heterocycles. The second-order valence-corrected chi connectivity index (χ2v) is 9.77. The molecule has 1 aliphatic rings. The molecule has 2 amide bonds. The maximum atomic E-state index is 11.5. The molecule has 36 heavy (non-hydrogen) atoms. The predicted molar refractivity (Wildman–Crippen MR) is 141 cm³/mol. The third-order valence-electron chi connectivity index (χ3n) is 5.70. The summed E-state index contributed by atoms with van der Waals surface area (Å²) < 4.78 is 12.8. The van der Waals surface area contributed by atoms with Crippen LogP contribution in [0, 0.1) is 0 Å². The van der Waals surface area contributed by atoms with Gasteiger partial charge in [-0.05, 0) is 47.5 Å². The van der Waals surface area contributed by atoms with Crippen LogP contribution in [0.2, 0.25) is 0 Å². The van der Waals surface area contributed by atoms with Crippen molar-refractivity contribution >= 4 is 35.0 Å². The Bertz CT molecular complexity index is 1180. The van der Waals surface area contributed by atoms with Crippen molar-refractivity contribution in [2.45, 2.75) is 50.3 Å². The standard InChI is InChI=1S/C28H30N2O5S/c1-18(32)29-23-10-12-26(13-11-23)36-17-25-15-27(21-8-6-20(16-31)7-9-21)35-28(34-25)22-4-3-5-24(14-22)30-19(2)33/h3-14,25,27-28,31H,15-17H2,1-2H3,(H,29,32)(H,30,33)/t25-,27+,28+/m1/s1. The lowest BCUT2D eigenvalue weighted by Crippen LogP contribution is -2.31. The van der Waals surface area contributed by atoms with Gasteiger partial charge in [-0.1, -0.05) is 36.4 Å². The Morgan fingerprint density at radius 3 is 2.25 bits per heavy atom. The number of rotatable bonds is 8. The van der Waals surface area contributed by atoms with Crippen molar-refractivity contribution in [3.05, 3.63) is 89.5 Å². The number of carbonyl (C=O) groups is 2. The highest BCUT2D eigenvalue weighted by molar-refractivity contribution is 7.99. The fourth-order valence-corrected chi connectivity index (χ4v) is 4.94. The first kappa shape index (κ1) is 25.9. The number of aliphatic hydroxyl groups is 1. The zero-order valence-electron chi connectivity index (χ0n) is 20.3. The highest BCUT2D eigenvalue weighted by Crippen LogP contribution is 2.40. The van der Waals surface area contributed by atoms with Gasteiger partial charge in [0.25, 0.3) is 0 Å². The van der Waals surface area contributed by atoms with Gasteiger partial charge in [0.05, 0.1) is 18.8 Å². The minimum Gasteiger partial charge on any atom is -0.392 e. The molecule has 1 heterocycles. The van der Waals surface area contributed by atoms with Crippen LogP contribution in [0.1, 0.15) is 49.4 Å². The Hall–Kier alpha value is -3.17. The summed E-state index contributed by atoms with van der Waals surface area (Å²) in [5.74, 6) is 0.478. The van der Waals surface area contributed by atoms with Crippen molar-refractivity contribution in [3.63, 3.8) is 0 Å². The van der Waals surface area contributed by atoms with Gasteiger partial charge in [0.15, 0.2) is 6.29 Å². The molecule has 1 saturated heterocycles. The first-order valence-corrected chi connectivity index (χ1v) is 12.8. The molecule has 3 aromatic rings. The Morgan fingerprint density at radius 2 is 1.58 bits per heavy atom. The zero-order chi connectivity index (χ0) is 25.5. The summed E-state index contributed by atoms with van der Waals surface area (Å²) >= 11 is 1.68. The summed E-state index contributed by atoms with van der Waals surface area (Å²) in [5.41, 5.74) is 4.15. The monoisotopic (exact) mass is 506 g/mol. The van der Waals surface area contributed by atoms with E-state index >= 15 is 0 Å². The van der Waals surface area contributed by atoms with Crippen LogP contribution >= 0.6 is 11.8 Å². The number of hydrogen-bond acceptors (Lipinski definition) is 6. The molecule has 0 radical (unpaired) electrons. The van der Waals surface area contributed by atoms with E-state index in [1.165, 1.54) is 13.8 Å². The van der Waals surface area contributed by atoms with Crippen LogP contribution in [-0.2, 0) is 25.7 Å². The van der Waals surface area contributed by atoms with Crippen LogP contribution in [0.15, 0.2) is 77.7 Å². The minimum atomic E-state index is -0.595. The highest BCUT2D eigenvalue weighted by Gasteiger charge is 2.32. The fraction of sp³-hybridized carbons (Fsp3) is 0.286. The number of thioether (sulfide) groups is 1. The molecule has 1 aliphatic heterocycles. The van der Waals surface area contributed by atoms with Gasteiger partial charge >= 0.3 is 0 Å². The zero-order valence-corrected chi connectivity index (χ0v) is 21.1. The number of hydrogen-bond donors (Lipinski definition) is 3. The lowest BCUT2D eigenvalue weighted by Gasteiger charge is -2.36. The van der Waals surface area contributed by atoms with Gasteiger partial charge in [-0.3, -0.25) is 9.59 Å². The minimum absolute atomic E-state index is 0.00648. The van der Waals surface area contributed by atoms with Crippen molar-refractivity contribution in [3.8, 4) is 0 Å². The van der Waals surface area contributed by atoms with Gasteiger partial charge in [-0.15, -0.1) is 11.8 Å². The molecule has 3 atom stereocenters. The fourth-order valence-electron chi connectivity index (χ4n) is 4.02. The largest absolute Gasteiger partial charge is 0.392 e. The van der Waals surface area contributed by atoms with E-state index in [0.717, 1.165) is 33.0 Å². The maximum absolute atomic E-state index is 11.5. The summed E-state index contributed by atoms with van der Waals surface area (Å²) in [5, 5.41) is 15.0. The van der Waals surface area contributed by atoms with E-state index in [-0.39, 0.29) is 30.6 Å². The maximum Gasteiger partial charge on any atom is 0.221 e. The number of carbonyl (C=O) groups excluding carboxylic acids is 2. The van der Waals surface area contributed by atoms with Gasteiger partial charge in [0.1, 0.15) is 0 Å². The number of aliphatic hydroxyl groups excluding tert-OH is 1. The van der Waals surface area contributed by atoms with Crippen molar-refractivity contribution in [1.82, 2.24) is 0 Å². The Balaban J connectivity index is 1.51. The van der Waals surface area contributed by atoms with Crippen molar-refractivity contribution in [2.75, 3.05) is 16.4 Å². The van der Waals surface area contributed by atoms with Crippen molar-refractivity contribution < 1.29 is 24.2 Å². The normalized spacial score (nSPS) is 19.5. The van der Waals surface area contributed by atoms with Crippen molar-refractivity contribution in [2.24, 2.45) is 0 Å². The van der Waals surface area contributed by atoms with Crippen LogP contribution in [0.25, 0.3) is 0 Å². The predicted octanol–water partition coefficient (Wildman–Crippen LogP) is 5.43. The van der Waals surface area contributed by atoms with Crippen LogP contribution in [0.3, 0.4) is 0 Å². The molecule has 7 nitrogen and oxygen atoms in total. The van der Waals surface area contributed by atoms with E-state index in [1.807, 2.05) is 72.8 Å². The van der Waals surface area contributed by atoms with Gasteiger partial charge < -0.3 is 25.2 Å². The number of nitrogens with one attached hydrogen (secondary N) is 2. The Kier molecular flexibility index (Phi) is 8.77. The van der Waals surface area contributed by atoms with E-state index in [4.69, 9.17) is 9.47 Å². The molecule has 0 saturated carbocycles. The van der Waals surface area contributed by atoms with Gasteiger partial charge in [-0.25, -0.2) is 0 Å². The Labute approximate surface area is 215 Å². The number of amides is 2. The Morgan fingerprint density at radius 1 is 0.889 bits per heavy atom. The molecule has 3 aromatic carbocycles. The van der Waals surface area contributed by atoms with Gasteiger partial charge in [0, 0.05) is 47.9 Å². The molecule has 0 bridgehead atoms. The molecule has 0 spiro atoms. The second-order valence-electron chi connectivity index (χ2n) is 8.67. The topological polar surface area (TPSA) is 96.9 Å². The number of benzene rings is 3. The SMILES string of the molecule is CC(=O)Nc1ccc(SC[C@H]2C[C@@H](c3ccc(CO)cc3)O[C@@H](c3cccc(NC(C)=O)c3)O2)cc1. The smallest absolute Gasteiger partial charge is 0.221 e. The second kappa shape index (κ2) is 12.2. The summed E-state index contributed by atoms with van der Waals surface area (Å²) in [6, 6.07) is 23.0. The summed E-state index contributed by atoms with van der Waals surface area (Å²) in [6.07, 6.45) is -0.191. The highest BCUT2D eigenvalue weighted by atomic mass is 32.2. The molecule has 3 N–H and O–H groups in total. The quantitative estimate of drug-likeness (QED) is 0.353. The van der Waals surface area contributed by atoms with Crippen LogP contribution < -0.4 is 10.6 Å². The van der Waals surface area contributed by atoms with Gasteiger partial charge in [0.2, 0.25) is 11.8 Å². The van der Waals surface area contributed by atoms with E-state index in [9.17, 15) is 14.7 Å². The molecule has 0 unspecified atom stereocenters. The lowest BCUT2D eigenvalue weighted by molar-refractivity contribution is -0.245. The van der Waals surface area contributed by atoms with Crippen LogP contribution in [-0.4, -0.2) is 28.8 Å². The molecule has 0 aliphatic carbocycles. The molecule has 4 rings (SSSR count). The van der Waals surface area contributed by atoms with E-state index in [2.05, 4.69) is 10.6 Å².